The number of ether oxygens (including phenoxy) is 1. The van der Waals surface area contributed by atoms with Gasteiger partial charge in [-0.15, -0.1) is 0 Å². The maximum absolute atomic E-state index is 6.89. The molecule has 0 spiro atoms. The molecule has 2 aromatic heterocycles. The van der Waals surface area contributed by atoms with Gasteiger partial charge in [-0.1, -0.05) is 181 Å². The summed E-state index contributed by atoms with van der Waals surface area (Å²) in [6.45, 7) is 31.1. The Morgan fingerprint density at radius 2 is 0.955 bits per heavy atom. The van der Waals surface area contributed by atoms with Crippen LogP contribution in [0.2, 0.25) is 0 Å². The first-order chi connectivity index (χ1) is 31.6. The van der Waals surface area contributed by atoms with E-state index in [0.29, 0.717) is 6.67 Å². The third-order valence-corrected chi connectivity index (χ3v) is 14.0. The van der Waals surface area contributed by atoms with Gasteiger partial charge in [0.15, 0.2) is 0 Å². The zero-order valence-corrected chi connectivity index (χ0v) is 42.0. The molecule has 0 aliphatic carbocycles. The van der Waals surface area contributed by atoms with Crippen LogP contribution in [0.15, 0.2) is 175 Å². The topological polar surface area (TPSA) is 33.5 Å². The van der Waals surface area contributed by atoms with Crippen molar-refractivity contribution in [1.29, 1.82) is 0 Å². The Labute approximate surface area is 399 Å². The number of aromatic nitrogens is 2. The van der Waals surface area contributed by atoms with Crippen molar-refractivity contribution >= 4 is 33.2 Å². The van der Waals surface area contributed by atoms with Crippen LogP contribution in [-0.2, 0) is 16.2 Å². The molecule has 0 atom stereocenters. The second-order valence-electron chi connectivity index (χ2n) is 22.7. The van der Waals surface area contributed by atoms with Gasteiger partial charge in [0, 0.05) is 73.5 Å². The average Bonchev–Trinajstić information content (AvgIpc) is 3.88. The molecule has 0 bridgehead atoms. The van der Waals surface area contributed by atoms with Crippen LogP contribution in [0.25, 0.3) is 27.6 Å². The monoisotopic (exact) mass is 885 g/mol. The Hall–Kier alpha value is -6.59. The van der Waals surface area contributed by atoms with Crippen molar-refractivity contribution in [3.8, 4) is 17.3 Å². The number of benzene rings is 6. The number of rotatable bonds is 9. The van der Waals surface area contributed by atoms with Crippen molar-refractivity contribution < 1.29 is 4.74 Å². The molecule has 5 nitrogen and oxygen atoms in total. The smallest absolute Gasteiger partial charge is 0.137 e. The van der Waals surface area contributed by atoms with Crippen LogP contribution in [0.3, 0.4) is 0 Å². The summed E-state index contributed by atoms with van der Waals surface area (Å²) in [5.74, 6) is 2.44. The van der Waals surface area contributed by atoms with Crippen molar-refractivity contribution in [2.75, 3.05) is 16.5 Å². The van der Waals surface area contributed by atoms with Crippen LogP contribution < -0.4 is 14.5 Å². The minimum absolute atomic E-state index is 0.0434. The largest absolute Gasteiger partial charge is 0.457 e. The normalized spacial score (nSPS) is 14.2. The maximum atomic E-state index is 6.89. The second-order valence-corrected chi connectivity index (χ2v) is 22.7. The van der Waals surface area contributed by atoms with Crippen molar-refractivity contribution in [3.63, 3.8) is 0 Å². The van der Waals surface area contributed by atoms with E-state index < -0.39 is 0 Å². The molecule has 3 heterocycles. The van der Waals surface area contributed by atoms with Crippen LogP contribution >= 0.6 is 0 Å². The Morgan fingerprint density at radius 1 is 0.403 bits per heavy atom. The van der Waals surface area contributed by atoms with Gasteiger partial charge in [-0.25, -0.2) is 4.98 Å². The number of pyridine rings is 1. The lowest BCUT2D eigenvalue weighted by molar-refractivity contribution is 0.444. The lowest BCUT2D eigenvalue weighted by Gasteiger charge is -2.35. The molecule has 0 saturated heterocycles. The minimum atomic E-state index is -0.211. The summed E-state index contributed by atoms with van der Waals surface area (Å²) in [7, 11) is 0. The van der Waals surface area contributed by atoms with E-state index in [1.807, 2.05) is 6.20 Å². The van der Waals surface area contributed by atoms with E-state index in [0.717, 1.165) is 39.4 Å². The number of allylic oxidation sites excluding steroid dienone is 2. The predicted octanol–water partition coefficient (Wildman–Crippen LogP) is 16.5. The van der Waals surface area contributed by atoms with Crippen LogP contribution in [-0.4, -0.2) is 16.2 Å². The first-order valence-electron chi connectivity index (χ1n) is 24.0. The van der Waals surface area contributed by atoms with E-state index in [-0.39, 0.29) is 27.1 Å². The van der Waals surface area contributed by atoms with Gasteiger partial charge in [0.25, 0.3) is 0 Å². The fraction of sp³-hybridized carbons (Fsp3) is 0.306. The highest BCUT2D eigenvalue weighted by molar-refractivity contribution is 6.09. The van der Waals surface area contributed by atoms with Crippen molar-refractivity contribution in [2.45, 2.75) is 106 Å². The maximum Gasteiger partial charge on any atom is 0.137 e. The van der Waals surface area contributed by atoms with Gasteiger partial charge in [0.05, 0.1) is 17.7 Å². The first-order valence-corrected chi connectivity index (χ1v) is 24.0. The van der Waals surface area contributed by atoms with E-state index >= 15 is 0 Å². The fourth-order valence-corrected chi connectivity index (χ4v) is 10.1. The lowest BCUT2D eigenvalue weighted by Crippen LogP contribution is -2.32. The van der Waals surface area contributed by atoms with Crippen LogP contribution in [0.4, 0.5) is 11.4 Å². The van der Waals surface area contributed by atoms with Crippen molar-refractivity contribution in [2.24, 2.45) is 10.8 Å². The summed E-state index contributed by atoms with van der Waals surface area (Å²) < 4.78 is 9.18. The van der Waals surface area contributed by atoms with Crippen LogP contribution in [0, 0.1) is 10.8 Å². The van der Waals surface area contributed by atoms with Gasteiger partial charge in [-0.05, 0) is 87.8 Å². The first kappa shape index (κ1) is 45.6. The standard InChI is InChI=1S/C62H68N4O/c1-58(2,3)45-35-46(62(12,13)43-25-18-15-19-26-43)37-48(36-45)65-41-64(56(59(4,5)6)57(65)60(7,8)9)47-27-22-28-49(39-47)67-50-31-32-52-51-29-20-21-30-53(51)66(54(52)40-50)55-38-44(33-34-63-55)61(10,11)42-23-16-14-17-24-42/h14-40H,41H2,1-13H3. The highest BCUT2D eigenvalue weighted by atomic mass is 16.5. The van der Waals surface area contributed by atoms with E-state index in [1.54, 1.807) is 0 Å². The number of hydrogen-bond acceptors (Lipinski definition) is 4. The zero-order valence-electron chi connectivity index (χ0n) is 42.0. The molecule has 0 N–H and O–H groups in total. The summed E-state index contributed by atoms with van der Waals surface area (Å²) in [6, 6.07) is 57.1. The van der Waals surface area contributed by atoms with Crippen LogP contribution in [0.1, 0.15) is 118 Å². The molecule has 67 heavy (non-hydrogen) atoms. The third kappa shape index (κ3) is 8.54. The van der Waals surface area contributed by atoms with Gasteiger partial charge < -0.3 is 14.5 Å². The molecule has 1 aliphatic rings. The molecule has 0 saturated carbocycles. The van der Waals surface area contributed by atoms with Gasteiger partial charge in [0.2, 0.25) is 0 Å². The van der Waals surface area contributed by atoms with Crippen molar-refractivity contribution in [3.05, 3.63) is 203 Å². The van der Waals surface area contributed by atoms with E-state index in [1.165, 1.54) is 50.3 Å². The number of anilines is 2. The average molecular weight is 885 g/mol. The van der Waals surface area contributed by atoms with Gasteiger partial charge in [-0.2, -0.15) is 0 Å². The fourth-order valence-electron chi connectivity index (χ4n) is 10.1. The SMILES string of the molecule is CC(C)(C)C1=C(C(C)(C)C)N(c2cc(C(C)(C)C)cc(C(C)(C)c3ccccc3)c2)CN1c1cccc(Oc2ccc3c4ccccc4n(-c4cc(C(C)(C)c5ccccc5)ccn4)c3c2)c1. The molecule has 342 valence electrons. The summed E-state index contributed by atoms with van der Waals surface area (Å²) in [4.78, 5) is 10.1. The molecule has 0 radical (unpaired) electrons. The molecular formula is C62H68N4O. The molecule has 1 aliphatic heterocycles. The molecule has 0 fully saturated rings. The molecule has 5 heteroatoms. The number of para-hydroxylation sites is 1. The molecule has 6 aromatic carbocycles. The number of hydrogen-bond donors (Lipinski definition) is 0. The summed E-state index contributed by atoms with van der Waals surface area (Å²) in [5, 5.41) is 2.34. The number of fused-ring (bicyclic) bond motifs is 3. The number of nitrogens with zero attached hydrogens (tertiary/aromatic N) is 4. The molecule has 8 aromatic rings. The Balaban J connectivity index is 1.11. The minimum Gasteiger partial charge on any atom is -0.457 e. The van der Waals surface area contributed by atoms with E-state index in [2.05, 4.69) is 262 Å². The zero-order chi connectivity index (χ0) is 47.7. The Kier molecular flexibility index (Phi) is 11.3. The lowest BCUT2D eigenvalue weighted by atomic mass is 9.75. The van der Waals surface area contributed by atoms with E-state index in [4.69, 9.17) is 9.72 Å². The highest BCUT2D eigenvalue weighted by Crippen LogP contribution is 2.50. The summed E-state index contributed by atoms with van der Waals surface area (Å²) >= 11 is 0. The molecule has 0 amide bonds. The van der Waals surface area contributed by atoms with Crippen LogP contribution in [0.5, 0.6) is 11.5 Å². The Bertz CT molecular complexity index is 3130. The Morgan fingerprint density at radius 3 is 1.58 bits per heavy atom. The quantitative estimate of drug-likeness (QED) is 0.145. The van der Waals surface area contributed by atoms with Gasteiger partial charge in [0.1, 0.15) is 17.3 Å². The van der Waals surface area contributed by atoms with E-state index in [9.17, 15) is 0 Å². The predicted molar refractivity (Wildman–Crippen MR) is 283 cm³/mol. The van der Waals surface area contributed by atoms with Gasteiger partial charge in [-0.3, -0.25) is 4.57 Å². The summed E-state index contributed by atoms with van der Waals surface area (Å²) in [5.41, 5.74) is 12.8. The molecular weight excluding hydrogens is 817 g/mol. The van der Waals surface area contributed by atoms with Crippen molar-refractivity contribution in [1.82, 2.24) is 9.55 Å². The third-order valence-electron chi connectivity index (χ3n) is 14.0. The molecule has 9 rings (SSSR count). The molecule has 0 unspecified atom stereocenters. The van der Waals surface area contributed by atoms with Gasteiger partial charge >= 0.3 is 0 Å². The summed E-state index contributed by atoms with van der Waals surface area (Å²) in [6.07, 6.45) is 1.94. The second kappa shape index (κ2) is 16.6. The highest BCUT2D eigenvalue weighted by Gasteiger charge is 2.42.